The summed E-state index contributed by atoms with van der Waals surface area (Å²) in [7, 11) is 3.24. The lowest BCUT2D eigenvalue weighted by Crippen LogP contribution is -2.47. The minimum Gasteiger partial charge on any atom is -0.497 e. The highest BCUT2D eigenvalue weighted by molar-refractivity contribution is 5.71. The van der Waals surface area contributed by atoms with E-state index in [0.717, 1.165) is 18.5 Å². The topological polar surface area (TPSA) is 125 Å². The van der Waals surface area contributed by atoms with Gasteiger partial charge in [-0.2, -0.15) is 0 Å². The van der Waals surface area contributed by atoms with Crippen LogP contribution in [0.1, 0.15) is 52.7 Å². The number of carbonyl (C=O) groups excluding carboxylic acids is 3. The van der Waals surface area contributed by atoms with E-state index < -0.39 is 47.8 Å². The zero-order valence-electron chi connectivity index (χ0n) is 29.7. The monoisotopic (exact) mass is 671 g/mol. The highest BCUT2D eigenvalue weighted by atomic mass is 16.7. The molecule has 3 atom stereocenters. The lowest BCUT2D eigenvalue weighted by atomic mass is 10.0. The zero-order chi connectivity index (χ0) is 35.3. The van der Waals surface area contributed by atoms with Crippen LogP contribution < -0.4 is 10.1 Å². The number of nitrogens with zero attached hydrogens (tertiary/aromatic N) is 2. The fourth-order valence-corrected chi connectivity index (χ4v) is 5.24. The number of amides is 2. The van der Waals surface area contributed by atoms with Gasteiger partial charge in [-0.1, -0.05) is 42.5 Å². The van der Waals surface area contributed by atoms with Crippen LogP contribution in [0.4, 0.5) is 14.4 Å². The molecule has 2 amide bonds. The van der Waals surface area contributed by atoms with Gasteiger partial charge in [0.15, 0.2) is 12.2 Å². The van der Waals surface area contributed by atoms with Gasteiger partial charge >= 0.3 is 18.3 Å². The van der Waals surface area contributed by atoms with Gasteiger partial charge in [-0.25, -0.2) is 14.4 Å². The van der Waals surface area contributed by atoms with Gasteiger partial charge < -0.3 is 33.7 Å². The molecule has 2 aromatic carbocycles. The number of ether oxygens (including phenoxy) is 6. The number of rotatable bonds is 14. The van der Waals surface area contributed by atoms with Crippen LogP contribution in [0, 0.1) is 0 Å². The third-order valence-corrected chi connectivity index (χ3v) is 7.50. The second kappa shape index (κ2) is 17.9. The van der Waals surface area contributed by atoms with Crippen molar-refractivity contribution in [2.24, 2.45) is 0 Å². The van der Waals surface area contributed by atoms with Crippen LogP contribution in [0.25, 0.3) is 0 Å². The van der Waals surface area contributed by atoms with Crippen LogP contribution in [-0.2, 0) is 36.5 Å². The Morgan fingerprint density at radius 3 is 2.10 bits per heavy atom. The van der Waals surface area contributed by atoms with Crippen LogP contribution in [0.3, 0.4) is 0 Å². The first-order valence-electron chi connectivity index (χ1n) is 16.4. The maximum absolute atomic E-state index is 13.5. The predicted molar refractivity (Wildman–Crippen MR) is 181 cm³/mol. The molecule has 3 rings (SSSR count). The SMILES string of the molecule is COCCN(CCNC(=O)O[C@@H]1[C@@H](OC(=O)OC(C)(C)C)CN(C(=O)OC(C)(C)C)[C@@H]1Cc1ccc(OC)cc1)CCc1ccccc1. The molecular weight excluding hydrogens is 618 g/mol. The van der Waals surface area contributed by atoms with Crippen molar-refractivity contribution >= 4 is 18.3 Å². The summed E-state index contributed by atoms with van der Waals surface area (Å²) < 4.78 is 33.4. The third kappa shape index (κ3) is 13.2. The van der Waals surface area contributed by atoms with Gasteiger partial charge in [0, 0.05) is 33.3 Å². The summed E-state index contributed by atoms with van der Waals surface area (Å²) in [5.74, 6) is 0.677. The van der Waals surface area contributed by atoms with Crippen molar-refractivity contribution in [2.45, 2.75) is 83.8 Å². The number of likely N-dealkylation sites (tertiary alicyclic amines) is 1. The summed E-state index contributed by atoms with van der Waals surface area (Å²) in [4.78, 5) is 43.3. The quantitative estimate of drug-likeness (QED) is 0.204. The molecule has 0 radical (unpaired) electrons. The molecule has 0 aliphatic carbocycles. The summed E-state index contributed by atoms with van der Waals surface area (Å²) in [5.41, 5.74) is 0.483. The summed E-state index contributed by atoms with van der Waals surface area (Å²) in [5, 5.41) is 2.84. The smallest absolute Gasteiger partial charge is 0.497 e. The molecule has 1 aliphatic heterocycles. The Balaban J connectivity index is 1.78. The van der Waals surface area contributed by atoms with Gasteiger partial charge in [0.25, 0.3) is 0 Å². The Morgan fingerprint density at radius 2 is 1.50 bits per heavy atom. The number of carbonyl (C=O) groups is 3. The van der Waals surface area contributed by atoms with Gasteiger partial charge in [0.1, 0.15) is 17.0 Å². The average molecular weight is 672 g/mol. The molecular formula is C36H53N3O9. The number of benzene rings is 2. The van der Waals surface area contributed by atoms with E-state index in [2.05, 4.69) is 22.3 Å². The van der Waals surface area contributed by atoms with Crippen LogP contribution in [0.5, 0.6) is 5.75 Å². The molecule has 1 aliphatic rings. The van der Waals surface area contributed by atoms with E-state index >= 15 is 0 Å². The molecule has 0 spiro atoms. The fourth-order valence-electron chi connectivity index (χ4n) is 5.24. The number of hydrogen-bond acceptors (Lipinski definition) is 10. The van der Waals surface area contributed by atoms with E-state index in [1.165, 1.54) is 10.5 Å². The molecule has 1 fully saturated rings. The molecule has 0 aromatic heterocycles. The van der Waals surface area contributed by atoms with E-state index in [1.807, 2.05) is 42.5 Å². The molecule has 266 valence electrons. The standard InChI is InChI=1S/C36H53N3O9/c1-35(2,3)47-33(41)39-25-30(45-34(42)48-36(4,5)6)31(29(39)24-27-14-16-28(44-8)17-15-27)46-32(40)37-19-21-38(22-23-43-7)20-18-26-12-10-9-11-13-26/h9-17,29-31H,18-25H2,1-8H3,(H,37,40)/t29-,30+,31+/m1/s1. The summed E-state index contributed by atoms with van der Waals surface area (Å²) in [6.07, 6.45) is -3.12. The molecule has 1 N–H and O–H groups in total. The maximum atomic E-state index is 13.5. The van der Waals surface area contributed by atoms with Crippen molar-refractivity contribution in [3.63, 3.8) is 0 Å². The average Bonchev–Trinajstić information content (AvgIpc) is 3.33. The zero-order valence-corrected chi connectivity index (χ0v) is 29.7. The van der Waals surface area contributed by atoms with Crippen LogP contribution in [0.2, 0.25) is 0 Å². The molecule has 2 aromatic rings. The van der Waals surface area contributed by atoms with Crippen molar-refractivity contribution in [1.82, 2.24) is 15.1 Å². The highest BCUT2D eigenvalue weighted by Gasteiger charge is 2.50. The van der Waals surface area contributed by atoms with E-state index in [0.29, 0.717) is 38.4 Å². The second-order valence-corrected chi connectivity index (χ2v) is 13.7. The first kappa shape index (κ1) is 38.4. The van der Waals surface area contributed by atoms with E-state index in [1.54, 1.807) is 55.8 Å². The third-order valence-electron chi connectivity index (χ3n) is 7.50. The Labute approximate surface area is 284 Å². The fraction of sp³-hybridized carbons (Fsp3) is 0.583. The Hall–Kier alpha value is -4.03. The van der Waals surface area contributed by atoms with Gasteiger partial charge in [0.2, 0.25) is 0 Å². The first-order chi connectivity index (χ1) is 22.7. The van der Waals surface area contributed by atoms with Gasteiger partial charge in [-0.15, -0.1) is 0 Å². The molecule has 1 heterocycles. The van der Waals surface area contributed by atoms with Crippen molar-refractivity contribution in [2.75, 3.05) is 53.6 Å². The number of alkyl carbamates (subject to hydrolysis) is 1. The molecule has 12 nitrogen and oxygen atoms in total. The molecule has 0 unspecified atom stereocenters. The molecule has 12 heteroatoms. The molecule has 0 bridgehead atoms. The summed E-state index contributed by atoms with van der Waals surface area (Å²) in [6, 6.07) is 16.8. The van der Waals surface area contributed by atoms with Crippen molar-refractivity contribution in [3.05, 3.63) is 65.7 Å². The minimum absolute atomic E-state index is 0.0583. The number of hydrogen-bond donors (Lipinski definition) is 1. The Kier molecular flexibility index (Phi) is 14.4. The van der Waals surface area contributed by atoms with Gasteiger partial charge in [-0.3, -0.25) is 9.80 Å². The molecule has 0 saturated carbocycles. The van der Waals surface area contributed by atoms with Gasteiger partial charge in [-0.05, 0) is 77.6 Å². The van der Waals surface area contributed by atoms with E-state index in [9.17, 15) is 14.4 Å². The van der Waals surface area contributed by atoms with Gasteiger partial charge in [0.05, 0.1) is 26.3 Å². The van der Waals surface area contributed by atoms with E-state index in [4.69, 9.17) is 28.4 Å². The highest BCUT2D eigenvalue weighted by Crippen LogP contribution is 2.30. The maximum Gasteiger partial charge on any atom is 0.509 e. The Morgan fingerprint density at radius 1 is 0.833 bits per heavy atom. The van der Waals surface area contributed by atoms with Crippen molar-refractivity contribution < 1.29 is 42.8 Å². The van der Waals surface area contributed by atoms with E-state index in [-0.39, 0.29) is 6.54 Å². The van der Waals surface area contributed by atoms with Crippen molar-refractivity contribution in [1.29, 1.82) is 0 Å². The predicted octanol–water partition coefficient (Wildman–Crippen LogP) is 5.46. The minimum atomic E-state index is -1.02. The first-order valence-corrected chi connectivity index (χ1v) is 16.4. The number of nitrogens with one attached hydrogen (secondary N) is 1. The second-order valence-electron chi connectivity index (χ2n) is 13.7. The summed E-state index contributed by atoms with van der Waals surface area (Å²) >= 11 is 0. The lowest BCUT2D eigenvalue weighted by molar-refractivity contribution is -0.0518. The van der Waals surface area contributed by atoms with Crippen LogP contribution in [-0.4, -0.2) is 111 Å². The van der Waals surface area contributed by atoms with Crippen molar-refractivity contribution in [3.8, 4) is 5.75 Å². The van der Waals surface area contributed by atoms with Crippen LogP contribution >= 0.6 is 0 Å². The Bertz CT molecular complexity index is 1290. The normalized spacial score (nSPS) is 17.9. The lowest BCUT2D eigenvalue weighted by Gasteiger charge is -2.30. The molecule has 1 saturated heterocycles. The summed E-state index contributed by atoms with van der Waals surface area (Å²) in [6.45, 7) is 13.3. The molecule has 48 heavy (non-hydrogen) atoms. The number of methoxy groups -OCH3 is 2. The largest absolute Gasteiger partial charge is 0.509 e. The van der Waals surface area contributed by atoms with Crippen LogP contribution in [0.15, 0.2) is 54.6 Å².